The Bertz CT molecular complexity index is 506. The van der Waals surface area contributed by atoms with Gasteiger partial charge in [-0.3, -0.25) is 0 Å². The Hall–Kier alpha value is -1.46. The topological polar surface area (TPSA) is 67.8 Å². The number of hydrogen-bond acceptors (Lipinski definition) is 4. The summed E-state index contributed by atoms with van der Waals surface area (Å²) in [6.07, 6.45) is 0.504. The summed E-state index contributed by atoms with van der Waals surface area (Å²) in [5.74, 6) is -0.235. The summed E-state index contributed by atoms with van der Waals surface area (Å²) in [6, 6.07) is 3.67. The highest BCUT2D eigenvalue weighted by atomic mass is 35.5. The Labute approximate surface area is 122 Å². The molecule has 0 aromatic heterocycles. The fraction of sp³-hybridized carbons (Fsp3) is 0.500. The molecule has 0 saturated carbocycles. The van der Waals surface area contributed by atoms with E-state index in [0.717, 1.165) is 17.7 Å². The molecule has 20 heavy (non-hydrogen) atoms. The first-order valence-electron chi connectivity index (χ1n) is 6.47. The van der Waals surface area contributed by atoms with Gasteiger partial charge in [0.15, 0.2) is 6.10 Å². The van der Waals surface area contributed by atoms with Gasteiger partial charge < -0.3 is 19.9 Å². The van der Waals surface area contributed by atoms with Crippen LogP contribution in [0.3, 0.4) is 0 Å². The van der Waals surface area contributed by atoms with Crippen LogP contribution >= 0.6 is 11.6 Å². The maximum atomic E-state index is 10.8. The Morgan fingerprint density at radius 3 is 2.90 bits per heavy atom. The fourth-order valence-corrected chi connectivity index (χ4v) is 2.39. The van der Waals surface area contributed by atoms with Crippen molar-refractivity contribution in [2.24, 2.45) is 0 Å². The number of anilines is 1. The van der Waals surface area contributed by atoms with E-state index in [4.69, 9.17) is 26.2 Å². The van der Waals surface area contributed by atoms with Gasteiger partial charge in [0, 0.05) is 17.6 Å². The van der Waals surface area contributed by atoms with Crippen LogP contribution in [0.1, 0.15) is 18.4 Å². The third kappa shape index (κ3) is 3.35. The Morgan fingerprint density at radius 1 is 1.55 bits per heavy atom. The monoisotopic (exact) mass is 299 g/mol. The molecule has 110 valence electrons. The molecule has 0 aliphatic carbocycles. The largest absolute Gasteiger partial charge is 0.495 e. The molecule has 6 heteroatoms. The summed E-state index contributed by atoms with van der Waals surface area (Å²) >= 11 is 6.05. The lowest BCUT2D eigenvalue weighted by atomic mass is 10.1. The Balaban J connectivity index is 1.98. The van der Waals surface area contributed by atoms with Gasteiger partial charge in [-0.15, -0.1) is 0 Å². The first kappa shape index (κ1) is 14.9. The average Bonchev–Trinajstić information content (AvgIpc) is 2.88. The van der Waals surface area contributed by atoms with Crippen LogP contribution < -0.4 is 10.1 Å². The summed E-state index contributed by atoms with van der Waals surface area (Å²) in [7, 11) is 1.58. The van der Waals surface area contributed by atoms with Gasteiger partial charge in [-0.25, -0.2) is 4.79 Å². The van der Waals surface area contributed by atoms with Gasteiger partial charge in [-0.2, -0.15) is 0 Å². The minimum absolute atomic E-state index is 0.100. The molecule has 1 aromatic rings. The van der Waals surface area contributed by atoms with Gasteiger partial charge in [0.2, 0.25) is 0 Å². The van der Waals surface area contributed by atoms with E-state index in [1.165, 1.54) is 0 Å². The Kier molecular flexibility index (Phi) is 4.73. The van der Waals surface area contributed by atoms with Gasteiger partial charge in [-0.05, 0) is 31.4 Å². The van der Waals surface area contributed by atoms with Crippen molar-refractivity contribution in [2.75, 3.05) is 19.0 Å². The number of halogens is 1. The van der Waals surface area contributed by atoms with E-state index in [2.05, 4.69) is 5.32 Å². The van der Waals surface area contributed by atoms with Gasteiger partial charge in [-0.1, -0.05) is 11.6 Å². The van der Waals surface area contributed by atoms with Crippen molar-refractivity contribution in [1.82, 2.24) is 0 Å². The number of rotatable bonds is 5. The van der Waals surface area contributed by atoms with Crippen LogP contribution in [0.2, 0.25) is 5.02 Å². The van der Waals surface area contributed by atoms with E-state index in [1.807, 2.05) is 13.0 Å². The quantitative estimate of drug-likeness (QED) is 0.875. The van der Waals surface area contributed by atoms with Crippen LogP contribution in [0.15, 0.2) is 12.1 Å². The van der Waals surface area contributed by atoms with Crippen LogP contribution in [0.5, 0.6) is 5.75 Å². The van der Waals surface area contributed by atoms with Gasteiger partial charge in [0.25, 0.3) is 0 Å². The highest BCUT2D eigenvalue weighted by Crippen LogP contribution is 2.31. The van der Waals surface area contributed by atoms with Crippen molar-refractivity contribution in [3.63, 3.8) is 0 Å². The minimum atomic E-state index is -0.896. The van der Waals surface area contributed by atoms with E-state index >= 15 is 0 Å². The lowest BCUT2D eigenvalue weighted by molar-refractivity contribution is -0.149. The molecule has 0 amide bonds. The third-order valence-electron chi connectivity index (χ3n) is 3.38. The number of benzene rings is 1. The second-order valence-electron chi connectivity index (χ2n) is 4.84. The SMILES string of the molecule is COc1cc(Cl)c(C)cc1NCC1CCC(C(=O)O)O1. The van der Waals surface area contributed by atoms with Crippen LogP contribution in [-0.4, -0.2) is 36.9 Å². The zero-order valence-electron chi connectivity index (χ0n) is 11.5. The number of aryl methyl sites for hydroxylation is 1. The molecule has 2 N–H and O–H groups in total. The molecular formula is C14H18ClNO4. The van der Waals surface area contributed by atoms with E-state index in [0.29, 0.717) is 23.7 Å². The number of nitrogens with one attached hydrogen (secondary N) is 1. The lowest BCUT2D eigenvalue weighted by Gasteiger charge is -2.16. The summed E-state index contributed by atoms with van der Waals surface area (Å²) < 4.78 is 10.7. The zero-order valence-corrected chi connectivity index (χ0v) is 12.2. The van der Waals surface area contributed by atoms with Gasteiger partial charge in [0.05, 0.1) is 18.9 Å². The molecule has 1 heterocycles. The van der Waals surface area contributed by atoms with Crippen LogP contribution in [0.4, 0.5) is 5.69 Å². The highest BCUT2D eigenvalue weighted by Gasteiger charge is 2.30. The van der Waals surface area contributed by atoms with Crippen molar-refractivity contribution in [1.29, 1.82) is 0 Å². The maximum absolute atomic E-state index is 10.8. The molecular weight excluding hydrogens is 282 g/mol. The molecule has 2 rings (SSSR count). The molecule has 1 aromatic carbocycles. The lowest BCUT2D eigenvalue weighted by Crippen LogP contribution is -2.24. The standard InChI is InChI=1S/C14H18ClNO4/c1-8-5-11(13(19-2)6-10(8)15)16-7-9-3-4-12(20-9)14(17)18/h5-6,9,12,16H,3-4,7H2,1-2H3,(H,17,18). The van der Waals surface area contributed by atoms with E-state index in [1.54, 1.807) is 13.2 Å². The van der Waals surface area contributed by atoms with Crippen LogP contribution in [0.25, 0.3) is 0 Å². The second kappa shape index (κ2) is 6.33. The number of ether oxygens (including phenoxy) is 2. The molecule has 1 aliphatic rings. The molecule has 0 spiro atoms. The van der Waals surface area contributed by atoms with Crippen molar-refractivity contribution < 1.29 is 19.4 Å². The van der Waals surface area contributed by atoms with Crippen LogP contribution in [-0.2, 0) is 9.53 Å². The summed E-state index contributed by atoms with van der Waals surface area (Å²) in [4.78, 5) is 10.8. The van der Waals surface area contributed by atoms with Crippen LogP contribution in [0, 0.1) is 6.92 Å². The molecule has 1 saturated heterocycles. The number of aliphatic carboxylic acids is 1. The predicted molar refractivity (Wildman–Crippen MR) is 76.8 cm³/mol. The molecule has 0 radical (unpaired) electrons. The molecule has 5 nitrogen and oxygen atoms in total. The number of carboxylic acids is 1. The van der Waals surface area contributed by atoms with E-state index < -0.39 is 12.1 Å². The fourth-order valence-electron chi connectivity index (χ4n) is 2.23. The normalized spacial score (nSPS) is 21.8. The molecule has 1 fully saturated rings. The molecule has 1 aliphatic heterocycles. The van der Waals surface area contributed by atoms with Gasteiger partial charge >= 0.3 is 5.97 Å². The summed E-state index contributed by atoms with van der Waals surface area (Å²) in [5, 5.41) is 12.8. The molecule has 2 atom stereocenters. The number of carboxylic acid groups (broad SMARTS) is 1. The highest BCUT2D eigenvalue weighted by molar-refractivity contribution is 6.31. The number of hydrogen-bond donors (Lipinski definition) is 2. The third-order valence-corrected chi connectivity index (χ3v) is 3.79. The van der Waals surface area contributed by atoms with Crippen molar-refractivity contribution in [3.8, 4) is 5.75 Å². The average molecular weight is 300 g/mol. The Morgan fingerprint density at radius 2 is 2.30 bits per heavy atom. The van der Waals surface area contributed by atoms with Crippen molar-refractivity contribution in [3.05, 3.63) is 22.7 Å². The molecule has 0 bridgehead atoms. The van der Waals surface area contributed by atoms with E-state index in [9.17, 15) is 4.79 Å². The summed E-state index contributed by atoms with van der Waals surface area (Å²) in [5.41, 5.74) is 1.78. The smallest absolute Gasteiger partial charge is 0.332 e. The van der Waals surface area contributed by atoms with Gasteiger partial charge in [0.1, 0.15) is 5.75 Å². The predicted octanol–water partition coefficient (Wildman–Crippen LogP) is 2.70. The maximum Gasteiger partial charge on any atom is 0.332 e. The van der Waals surface area contributed by atoms with E-state index in [-0.39, 0.29) is 6.10 Å². The molecule has 2 unspecified atom stereocenters. The second-order valence-corrected chi connectivity index (χ2v) is 5.25. The number of carbonyl (C=O) groups is 1. The van der Waals surface area contributed by atoms with Crippen molar-refractivity contribution in [2.45, 2.75) is 32.0 Å². The van der Waals surface area contributed by atoms with Crippen molar-refractivity contribution >= 4 is 23.3 Å². The first-order valence-corrected chi connectivity index (χ1v) is 6.85. The summed E-state index contributed by atoms with van der Waals surface area (Å²) in [6.45, 7) is 2.46. The minimum Gasteiger partial charge on any atom is -0.495 e. The first-order chi connectivity index (χ1) is 9.51. The number of methoxy groups -OCH3 is 1. The zero-order chi connectivity index (χ0) is 14.7.